The van der Waals surface area contributed by atoms with Gasteiger partial charge in [0.15, 0.2) is 0 Å². The predicted octanol–water partition coefficient (Wildman–Crippen LogP) is 4.32. The van der Waals surface area contributed by atoms with Gasteiger partial charge in [0.2, 0.25) is 0 Å². The van der Waals surface area contributed by atoms with Crippen molar-refractivity contribution < 1.29 is 19.1 Å². The third-order valence-electron chi connectivity index (χ3n) is 2.81. The lowest BCUT2D eigenvalue weighted by atomic mass is 10.1. The number of carbonyl (C=O) groups is 2. The van der Waals surface area contributed by atoms with Crippen LogP contribution in [0.2, 0.25) is 10.0 Å². The monoisotopic (exact) mass is 337 g/mol. The zero-order valence-electron chi connectivity index (χ0n) is 11.6. The summed E-state index contributed by atoms with van der Waals surface area (Å²) in [6.45, 7) is 3.82. The van der Waals surface area contributed by atoms with Crippen molar-refractivity contribution >= 4 is 35.0 Å². The normalized spacial score (nSPS) is 10.2. The Hall–Kier alpha value is -2.04. The zero-order chi connectivity index (χ0) is 16.3. The number of Topliss-reactive ketones (excluding diaryl/α,β-unsaturated/α-hetero) is 1. The van der Waals surface area contributed by atoms with Crippen LogP contribution in [-0.2, 0) is 9.53 Å². The molecule has 2 aromatic rings. The summed E-state index contributed by atoms with van der Waals surface area (Å²) in [4.78, 5) is 23.0. The van der Waals surface area contributed by atoms with Crippen LogP contribution in [0.3, 0.4) is 0 Å². The first-order chi connectivity index (χ1) is 10.4. The Morgan fingerprint density at radius 2 is 1.82 bits per heavy atom. The topological polar surface area (TPSA) is 52.6 Å². The molecule has 0 N–H and O–H groups in total. The SMILES string of the molecule is [CH2]c1cc(Cl)ccc1Oc1ccc(C(=O)C(=O)OC)c(Cl)c1. The molecule has 0 aliphatic heterocycles. The van der Waals surface area contributed by atoms with Crippen LogP contribution in [0.15, 0.2) is 36.4 Å². The maximum Gasteiger partial charge on any atom is 0.379 e. The Bertz CT molecular complexity index is 741. The van der Waals surface area contributed by atoms with E-state index in [0.29, 0.717) is 22.1 Å². The van der Waals surface area contributed by atoms with Crippen molar-refractivity contribution in [2.24, 2.45) is 0 Å². The molecule has 0 unspecified atom stereocenters. The summed E-state index contributed by atoms with van der Waals surface area (Å²) < 4.78 is 10.0. The van der Waals surface area contributed by atoms with Gasteiger partial charge < -0.3 is 9.47 Å². The first kappa shape index (κ1) is 16.3. The highest BCUT2D eigenvalue weighted by Gasteiger charge is 2.20. The average Bonchev–Trinajstić information content (AvgIpc) is 2.49. The maximum atomic E-state index is 11.7. The molecule has 6 heteroatoms. The van der Waals surface area contributed by atoms with Crippen molar-refractivity contribution in [3.05, 3.63) is 64.5 Å². The van der Waals surface area contributed by atoms with E-state index in [9.17, 15) is 9.59 Å². The number of rotatable bonds is 4. The van der Waals surface area contributed by atoms with Crippen molar-refractivity contribution in [1.29, 1.82) is 0 Å². The van der Waals surface area contributed by atoms with Crippen LogP contribution in [0.1, 0.15) is 15.9 Å². The average molecular weight is 338 g/mol. The molecule has 0 bridgehead atoms. The fourth-order valence-electron chi connectivity index (χ4n) is 1.72. The highest BCUT2D eigenvalue weighted by atomic mass is 35.5. The highest BCUT2D eigenvalue weighted by molar-refractivity contribution is 6.45. The molecule has 0 saturated carbocycles. The number of halogens is 2. The molecule has 22 heavy (non-hydrogen) atoms. The minimum Gasteiger partial charge on any atom is -0.463 e. The van der Waals surface area contributed by atoms with Crippen molar-refractivity contribution in [2.45, 2.75) is 0 Å². The van der Waals surface area contributed by atoms with Crippen LogP contribution < -0.4 is 4.74 Å². The van der Waals surface area contributed by atoms with E-state index in [4.69, 9.17) is 27.9 Å². The predicted molar refractivity (Wildman–Crippen MR) is 83.8 cm³/mol. The van der Waals surface area contributed by atoms with E-state index in [1.165, 1.54) is 18.2 Å². The molecule has 0 atom stereocenters. The molecular weight excluding hydrogens is 327 g/mol. The Labute approximate surface area is 137 Å². The Morgan fingerprint density at radius 1 is 1.09 bits per heavy atom. The summed E-state index contributed by atoms with van der Waals surface area (Å²) in [6, 6.07) is 9.36. The molecule has 113 valence electrons. The number of ether oxygens (including phenoxy) is 2. The van der Waals surface area contributed by atoms with Gasteiger partial charge in [0.25, 0.3) is 5.78 Å². The largest absolute Gasteiger partial charge is 0.463 e. The van der Waals surface area contributed by atoms with Crippen LogP contribution in [0.5, 0.6) is 11.5 Å². The summed E-state index contributed by atoms with van der Waals surface area (Å²) in [7, 11) is 1.13. The molecule has 0 heterocycles. The Kier molecular flexibility index (Phi) is 5.06. The van der Waals surface area contributed by atoms with E-state index in [0.717, 1.165) is 7.11 Å². The van der Waals surface area contributed by atoms with Crippen LogP contribution >= 0.6 is 23.2 Å². The summed E-state index contributed by atoms with van der Waals surface area (Å²) in [5.74, 6) is -0.886. The lowest BCUT2D eigenvalue weighted by molar-refractivity contribution is -0.135. The first-order valence-electron chi connectivity index (χ1n) is 6.14. The van der Waals surface area contributed by atoms with Crippen LogP contribution in [0.4, 0.5) is 0 Å². The molecule has 1 radical (unpaired) electrons. The third kappa shape index (κ3) is 3.59. The van der Waals surface area contributed by atoms with Gasteiger partial charge in [-0.2, -0.15) is 0 Å². The summed E-state index contributed by atoms with van der Waals surface area (Å²) in [6.07, 6.45) is 0. The minimum atomic E-state index is -0.978. The molecule has 2 aromatic carbocycles. The molecular formula is C16H11Cl2O4. The van der Waals surface area contributed by atoms with Crippen molar-refractivity contribution in [3.8, 4) is 11.5 Å². The minimum absolute atomic E-state index is 0.0480. The van der Waals surface area contributed by atoms with E-state index >= 15 is 0 Å². The third-order valence-corrected chi connectivity index (χ3v) is 3.35. The second-order valence-corrected chi connectivity index (χ2v) is 5.16. The van der Waals surface area contributed by atoms with E-state index in [-0.39, 0.29) is 10.6 Å². The van der Waals surface area contributed by atoms with Crippen LogP contribution in [0.25, 0.3) is 0 Å². The summed E-state index contributed by atoms with van der Waals surface area (Å²) in [5.41, 5.74) is 0.658. The molecule has 0 fully saturated rings. The molecule has 0 spiro atoms. The fraction of sp³-hybridized carbons (Fsp3) is 0.0625. The van der Waals surface area contributed by atoms with Gasteiger partial charge in [0.1, 0.15) is 11.5 Å². The first-order valence-corrected chi connectivity index (χ1v) is 6.89. The Morgan fingerprint density at radius 3 is 2.41 bits per heavy atom. The quantitative estimate of drug-likeness (QED) is 0.473. The molecule has 0 aliphatic carbocycles. The molecule has 0 saturated heterocycles. The number of hydrogen-bond acceptors (Lipinski definition) is 4. The second-order valence-electron chi connectivity index (χ2n) is 4.32. The van der Waals surface area contributed by atoms with Gasteiger partial charge in [-0.05, 0) is 42.8 Å². The number of methoxy groups -OCH3 is 1. The highest BCUT2D eigenvalue weighted by Crippen LogP contribution is 2.30. The van der Waals surface area contributed by atoms with Gasteiger partial charge in [-0.25, -0.2) is 4.79 Å². The molecule has 4 nitrogen and oxygen atoms in total. The van der Waals surface area contributed by atoms with Crippen molar-refractivity contribution in [3.63, 3.8) is 0 Å². The van der Waals surface area contributed by atoms with E-state index in [1.54, 1.807) is 18.2 Å². The molecule has 0 aliphatic rings. The van der Waals surface area contributed by atoms with E-state index < -0.39 is 11.8 Å². The lowest BCUT2D eigenvalue weighted by Crippen LogP contribution is -2.16. The maximum absolute atomic E-state index is 11.7. The van der Waals surface area contributed by atoms with Crippen LogP contribution in [-0.4, -0.2) is 18.9 Å². The molecule has 2 rings (SSSR count). The molecule has 0 amide bonds. The van der Waals surface area contributed by atoms with Gasteiger partial charge >= 0.3 is 5.97 Å². The smallest absolute Gasteiger partial charge is 0.379 e. The summed E-state index contributed by atoms with van der Waals surface area (Å²) >= 11 is 11.9. The van der Waals surface area contributed by atoms with Crippen molar-refractivity contribution in [1.82, 2.24) is 0 Å². The van der Waals surface area contributed by atoms with Gasteiger partial charge in [-0.3, -0.25) is 4.79 Å². The fourth-order valence-corrected chi connectivity index (χ4v) is 2.17. The number of benzene rings is 2. The number of hydrogen-bond donors (Lipinski definition) is 0. The number of ketones is 1. The van der Waals surface area contributed by atoms with Crippen LogP contribution in [0, 0.1) is 6.92 Å². The standard InChI is InChI=1S/C16H11Cl2O4/c1-9-7-10(17)3-6-14(9)22-11-4-5-12(13(18)8-11)15(19)16(20)21-2/h3-8H,1H2,2H3. The number of carbonyl (C=O) groups excluding carboxylic acids is 2. The van der Waals surface area contributed by atoms with E-state index in [1.807, 2.05) is 0 Å². The number of esters is 1. The van der Waals surface area contributed by atoms with E-state index in [2.05, 4.69) is 11.7 Å². The second kappa shape index (κ2) is 6.81. The van der Waals surface area contributed by atoms with Gasteiger partial charge in [-0.15, -0.1) is 0 Å². The zero-order valence-corrected chi connectivity index (χ0v) is 13.1. The molecule has 0 aromatic heterocycles. The van der Waals surface area contributed by atoms with Gasteiger partial charge in [-0.1, -0.05) is 23.2 Å². The van der Waals surface area contributed by atoms with Gasteiger partial charge in [0, 0.05) is 16.7 Å². The lowest BCUT2D eigenvalue weighted by Gasteiger charge is -2.10. The Balaban J connectivity index is 2.26. The summed E-state index contributed by atoms with van der Waals surface area (Å²) in [5, 5.41) is 0.641. The van der Waals surface area contributed by atoms with Gasteiger partial charge in [0.05, 0.1) is 12.1 Å². The van der Waals surface area contributed by atoms with Crippen molar-refractivity contribution in [2.75, 3.05) is 7.11 Å².